The lowest BCUT2D eigenvalue weighted by molar-refractivity contribution is -0.137. The number of aliphatic carboxylic acids is 1. The van der Waals surface area contributed by atoms with E-state index in [9.17, 15) is 18.0 Å². The van der Waals surface area contributed by atoms with Gasteiger partial charge in [0.05, 0.1) is 5.56 Å². The van der Waals surface area contributed by atoms with Gasteiger partial charge in [-0.15, -0.1) is 11.3 Å². The maximum Gasteiger partial charge on any atom is 0.303 e. The van der Waals surface area contributed by atoms with E-state index in [1.807, 2.05) is 0 Å². The summed E-state index contributed by atoms with van der Waals surface area (Å²) in [6, 6.07) is 1.34. The number of sulfone groups is 1. The van der Waals surface area contributed by atoms with Crippen LogP contribution in [-0.4, -0.2) is 50.1 Å². The third-order valence-electron chi connectivity index (χ3n) is 2.42. The molecule has 6 nitrogen and oxygen atoms in total. The zero-order chi connectivity index (χ0) is 14.6. The number of carboxylic acids is 1. The summed E-state index contributed by atoms with van der Waals surface area (Å²) in [5.74, 6) is -1.22. The standard InChI is InChI=1S/C11H15NO5S2/c1-12(5-3-4-9(13)14)11(15)8-6-10(18-7-8)19(2,16)17/h6-7H,3-5H2,1-2H3,(H,13,14). The smallest absolute Gasteiger partial charge is 0.303 e. The minimum absolute atomic E-state index is 0.00412. The highest BCUT2D eigenvalue weighted by molar-refractivity contribution is 7.92. The van der Waals surface area contributed by atoms with Crippen molar-refractivity contribution >= 4 is 33.1 Å². The van der Waals surface area contributed by atoms with Crippen LogP contribution in [0.3, 0.4) is 0 Å². The van der Waals surface area contributed by atoms with Gasteiger partial charge in [0, 0.05) is 31.6 Å². The van der Waals surface area contributed by atoms with E-state index in [0.29, 0.717) is 18.5 Å². The number of thiophene rings is 1. The fraction of sp³-hybridized carbons (Fsp3) is 0.455. The molecule has 0 fully saturated rings. The van der Waals surface area contributed by atoms with Crippen LogP contribution in [0.15, 0.2) is 15.7 Å². The highest BCUT2D eigenvalue weighted by Crippen LogP contribution is 2.21. The first-order valence-corrected chi connectivity index (χ1v) is 8.25. The Labute approximate surface area is 115 Å². The third kappa shape index (κ3) is 4.64. The Morgan fingerprint density at radius 3 is 2.53 bits per heavy atom. The number of rotatable bonds is 6. The van der Waals surface area contributed by atoms with Crippen molar-refractivity contribution in [3.63, 3.8) is 0 Å². The van der Waals surface area contributed by atoms with E-state index in [4.69, 9.17) is 5.11 Å². The molecule has 0 aliphatic heterocycles. The fourth-order valence-corrected chi connectivity index (χ4v) is 3.20. The molecule has 1 amide bonds. The van der Waals surface area contributed by atoms with Crippen LogP contribution in [0.4, 0.5) is 0 Å². The van der Waals surface area contributed by atoms with Crippen LogP contribution in [0.25, 0.3) is 0 Å². The topological polar surface area (TPSA) is 91.8 Å². The maximum absolute atomic E-state index is 12.0. The average Bonchev–Trinajstić information content (AvgIpc) is 2.76. The van der Waals surface area contributed by atoms with Gasteiger partial charge in [-0.05, 0) is 12.5 Å². The van der Waals surface area contributed by atoms with Gasteiger partial charge in [-0.2, -0.15) is 0 Å². The molecule has 0 unspecified atom stereocenters. The largest absolute Gasteiger partial charge is 0.481 e. The average molecular weight is 305 g/mol. The van der Waals surface area contributed by atoms with Gasteiger partial charge in [-0.3, -0.25) is 9.59 Å². The van der Waals surface area contributed by atoms with E-state index in [1.165, 1.54) is 16.3 Å². The van der Waals surface area contributed by atoms with Gasteiger partial charge in [0.1, 0.15) is 4.21 Å². The Bertz CT molecular complexity index is 576. The second kappa shape index (κ2) is 6.16. The van der Waals surface area contributed by atoms with Crippen LogP contribution >= 0.6 is 11.3 Å². The van der Waals surface area contributed by atoms with E-state index >= 15 is 0 Å². The second-order valence-corrected chi connectivity index (χ2v) is 7.30. The van der Waals surface area contributed by atoms with E-state index in [-0.39, 0.29) is 16.5 Å². The zero-order valence-electron chi connectivity index (χ0n) is 10.6. The van der Waals surface area contributed by atoms with Crippen LogP contribution < -0.4 is 0 Å². The van der Waals surface area contributed by atoms with Crippen molar-refractivity contribution in [2.75, 3.05) is 19.8 Å². The SMILES string of the molecule is CN(CCCC(=O)O)C(=O)c1csc(S(C)(=O)=O)c1. The number of amides is 1. The minimum Gasteiger partial charge on any atom is -0.481 e. The van der Waals surface area contributed by atoms with Crippen molar-refractivity contribution < 1.29 is 23.1 Å². The zero-order valence-corrected chi connectivity index (χ0v) is 12.3. The summed E-state index contributed by atoms with van der Waals surface area (Å²) in [6.45, 7) is 0.315. The monoisotopic (exact) mass is 305 g/mol. The van der Waals surface area contributed by atoms with E-state index in [2.05, 4.69) is 0 Å². The molecule has 1 rings (SSSR count). The predicted octanol–water partition coefficient (Wildman–Crippen LogP) is 1.09. The summed E-state index contributed by atoms with van der Waals surface area (Å²) in [7, 11) is -1.74. The number of hydrogen-bond acceptors (Lipinski definition) is 5. The van der Waals surface area contributed by atoms with Crippen molar-refractivity contribution in [1.82, 2.24) is 4.90 Å². The van der Waals surface area contributed by atoms with Gasteiger partial charge in [0.25, 0.3) is 5.91 Å². The van der Waals surface area contributed by atoms with E-state index < -0.39 is 15.8 Å². The van der Waals surface area contributed by atoms with E-state index in [1.54, 1.807) is 7.05 Å². The molecular formula is C11H15NO5S2. The van der Waals surface area contributed by atoms with E-state index in [0.717, 1.165) is 17.6 Å². The number of nitrogens with zero attached hydrogens (tertiary/aromatic N) is 1. The summed E-state index contributed by atoms with van der Waals surface area (Å²) in [6.07, 6.45) is 1.44. The maximum atomic E-state index is 12.0. The van der Waals surface area contributed by atoms with Crippen LogP contribution in [0, 0.1) is 0 Å². The molecule has 0 saturated heterocycles. The van der Waals surface area contributed by atoms with Crippen molar-refractivity contribution in [2.45, 2.75) is 17.1 Å². The van der Waals surface area contributed by atoms with Crippen molar-refractivity contribution in [1.29, 1.82) is 0 Å². The molecule has 0 spiro atoms. The lowest BCUT2D eigenvalue weighted by atomic mass is 10.2. The van der Waals surface area contributed by atoms with Gasteiger partial charge in [-0.1, -0.05) is 0 Å². The molecule has 0 radical (unpaired) electrons. The molecule has 1 N–H and O–H groups in total. The third-order valence-corrected chi connectivity index (χ3v) is 5.19. The summed E-state index contributed by atoms with van der Waals surface area (Å²) in [5, 5.41) is 10.00. The first-order valence-electron chi connectivity index (χ1n) is 5.47. The molecule has 0 aromatic carbocycles. The first kappa shape index (κ1) is 15.6. The predicted molar refractivity (Wildman–Crippen MR) is 71.3 cm³/mol. The molecular weight excluding hydrogens is 290 g/mol. The summed E-state index contributed by atoms with van der Waals surface area (Å²) < 4.78 is 22.8. The van der Waals surface area contributed by atoms with Crippen LogP contribution in [0.5, 0.6) is 0 Å². The number of carboxylic acid groups (broad SMARTS) is 1. The molecule has 0 bridgehead atoms. The van der Waals surface area contributed by atoms with Crippen molar-refractivity contribution in [2.24, 2.45) is 0 Å². The van der Waals surface area contributed by atoms with Crippen molar-refractivity contribution in [3.8, 4) is 0 Å². The highest BCUT2D eigenvalue weighted by atomic mass is 32.2. The second-order valence-electron chi connectivity index (χ2n) is 4.15. The van der Waals surface area contributed by atoms with Gasteiger partial charge in [0.2, 0.25) is 0 Å². The summed E-state index contributed by atoms with van der Waals surface area (Å²) in [5.41, 5.74) is 0.309. The van der Waals surface area contributed by atoms with Crippen molar-refractivity contribution in [3.05, 3.63) is 17.0 Å². The van der Waals surface area contributed by atoms with Gasteiger partial charge < -0.3 is 10.0 Å². The quantitative estimate of drug-likeness (QED) is 0.849. The number of carbonyl (C=O) groups excluding carboxylic acids is 1. The molecule has 1 heterocycles. The lowest BCUT2D eigenvalue weighted by Crippen LogP contribution is -2.27. The molecule has 0 saturated carbocycles. The Morgan fingerprint density at radius 2 is 2.05 bits per heavy atom. The minimum atomic E-state index is -3.30. The molecule has 19 heavy (non-hydrogen) atoms. The first-order chi connectivity index (χ1) is 8.71. The number of carbonyl (C=O) groups is 2. The van der Waals surface area contributed by atoms with Crippen LogP contribution in [0.2, 0.25) is 0 Å². The normalized spacial score (nSPS) is 11.3. The highest BCUT2D eigenvalue weighted by Gasteiger charge is 2.17. The molecule has 0 aliphatic rings. The summed E-state index contributed by atoms with van der Waals surface area (Å²) in [4.78, 5) is 23.7. The van der Waals surface area contributed by atoms with Gasteiger partial charge in [0.15, 0.2) is 9.84 Å². The van der Waals surface area contributed by atoms with Crippen LogP contribution in [0.1, 0.15) is 23.2 Å². The van der Waals surface area contributed by atoms with Crippen LogP contribution in [-0.2, 0) is 14.6 Å². The number of hydrogen-bond donors (Lipinski definition) is 1. The fourth-order valence-electron chi connectivity index (χ4n) is 1.41. The molecule has 106 valence electrons. The molecule has 0 aliphatic carbocycles. The molecule has 1 aromatic rings. The Hall–Kier alpha value is -1.41. The Kier molecular flexibility index (Phi) is 5.07. The lowest BCUT2D eigenvalue weighted by Gasteiger charge is -2.15. The molecule has 8 heteroatoms. The molecule has 1 aromatic heterocycles. The molecule has 0 atom stereocenters. The summed E-state index contributed by atoms with van der Waals surface area (Å²) >= 11 is 1.00. The van der Waals surface area contributed by atoms with Gasteiger partial charge in [-0.25, -0.2) is 8.42 Å². The van der Waals surface area contributed by atoms with Gasteiger partial charge >= 0.3 is 5.97 Å². The Balaban J connectivity index is 2.67. The Morgan fingerprint density at radius 1 is 1.42 bits per heavy atom.